The Bertz CT molecular complexity index is 501. The van der Waals surface area contributed by atoms with Crippen LogP contribution in [0, 0.1) is 0 Å². The van der Waals surface area contributed by atoms with Crippen LogP contribution in [0.3, 0.4) is 0 Å². The third kappa shape index (κ3) is 4.27. The molecule has 7 nitrogen and oxygen atoms in total. The van der Waals surface area contributed by atoms with Gasteiger partial charge < -0.3 is 15.8 Å². The van der Waals surface area contributed by atoms with Gasteiger partial charge in [0.25, 0.3) is 0 Å². The quantitative estimate of drug-likeness (QED) is 0.719. The summed E-state index contributed by atoms with van der Waals surface area (Å²) >= 11 is 0. The summed E-state index contributed by atoms with van der Waals surface area (Å²) in [6, 6.07) is 2.97. The molecular formula is C9H13N3O4S. The van der Waals surface area contributed by atoms with Crippen LogP contribution in [-0.4, -0.2) is 38.9 Å². The number of anilines is 1. The lowest BCUT2D eigenvalue weighted by atomic mass is 10.4. The van der Waals surface area contributed by atoms with Crippen LogP contribution in [0.25, 0.3) is 0 Å². The van der Waals surface area contributed by atoms with E-state index in [0.717, 1.165) is 6.26 Å². The first-order valence-electron chi connectivity index (χ1n) is 4.72. The highest BCUT2D eigenvalue weighted by Gasteiger charge is 2.13. The number of nitrogens with zero attached hydrogens (tertiary/aromatic N) is 1. The molecule has 0 aliphatic carbocycles. The fourth-order valence-electron chi connectivity index (χ4n) is 1.14. The third-order valence-corrected chi connectivity index (χ3v) is 2.94. The number of nitrogens with two attached hydrogens (primary N) is 1. The van der Waals surface area contributed by atoms with Crippen molar-refractivity contribution in [2.45, 2.75) is 4.90 Å². The predicted octanol–water partition coefficient (Wildman–Crippen LogP) is -0.00770. The molecule has 0 radical (unpaired) electrons. The van der Waals surface area contributed by atoms with E-state index in [2.05, 4.69) is 15.0 Å². The first-order chi connectivity index (χ1) is 7.91. The number of nitrogens with one attached hydrogen (secondary N) is 1. The van der Waals surface area contributed by atoms with Gasteiger partial charge >= 0.3 is 6.09 Å². The molecule has 3 N–H and O–H groups in total. The predicted molar refractivity (Wildman–Crippen MR) is 61.4 cm³/mol. The van der Waals surface area contributed by atoms with Gasteiger partial charge in [-0.15, -0.1) is 0 Å². The Morgan fingerprint density at radius 1 is 1.59 bits per heavy atom. The summed E-state index contributed by atoms with van der Waals surface area (Å²) in [5, 5.41) is 2.75. The highest BCUT2D eigenvalue weighted by molar-refractivity contribution is 7.90. The molecule has 94 valence electrons. The summed E-state index contributed by atoms with van der Waals surface area (Å²) in [5.74, 6) is 0.225. The molecule has 0 aromatic carbocycles. The van der Waals surface area contributed by atoms with Crippen molar-refractivity contribution in [1.29, 1.82) is 0 Å². The maximum atomic E-state index is 11.4. The van der Waals surface area contributed by atoms with Gasteiger partial charge in [0, 0.05) is 12.5 Å². The second-order valence-corrected chi connectivity index (χ2v) is 5.20. The molecule has 1 aromatic rings. The summed E-state index contributed by atoms with van der Waals surface area (Å²) in [4.78, 5) is 14.3. The smallest absolute Gasteiger partial charge is 0.404 e. The van der Waals surface area contributed by atoms with Gasteiger partial charge in [0.1, 0.15) is 17.3 Å². The van der Waals surface area contributed by atoms with E-state index in [1.54, 1.807) is 0 Å². The maximum Gasteiger partial charge on any atom is 0.404 e. The lowest BCUT2D eigenvalue weighted by molar-refractivity contribution is 0.161. The number of hydrogen-bond acceptors (Lipinski definition) is 6. The summed E-state index contributed by atoms with van der Waals surface area (Å²) < 4.78 is 27.3. The van der Waals surface area contributed by atoms with Crippen LogP contribution in [0.2, 0.25) is 0 Å². The van der Waals surface area contributed by atoms with Crippen molar-refractivity contribution in [1.82, 2.24) is 4.98 Å². The standard InChI is InChI=1S/C9H13N3O4S/c1-17(14,15)7-3-2-4-11-8(7)12-5-6-16-9(10)13/h2-4H,5-6H2,1H3,(H2,10,13)(H,11,12). The second kappa shape index (κ2) is 5.48. The van der Waals surface area contributed by atoms with E-state index in [-0.39, 0.29) is 23.9 Å². The second-order valence-electron chi connectivity index (χ2n) is 3.22. The van der Waals surface area contributed by atoms with E-state index < -0.39 is 15.9 Å². The van der Waals surface area contributed by atoms with Crippen LogP contribution in [0.5, 0.6) is 0 Å². The number of sulfone groups is 1. The molecule has 0 aliphatic rings. The highest BCUT2D eigenvalue weighted by Crippen LogP contribution is 2.17. The van der Waals surface area contributed by atoms with E-state index in [9.17, 15) is 13.2 Å². The van der Waals surface area contributed by atoms with Crippen LogP contribution in [-0.2, 0) is 14.6 Å². The summed E-state index contributed by atoms with van der Waals surface area (Å²) in [6.07, 6.45) is 1.68. The van der Waals surface area contributed by atoms with E-state index in [1.807, 2.05) is 0 Å². The van der Waals surface area contributed by atoms with Crippen LogP contribution in [0.4, 0.5) is 10.6 Å². The molecule has 1 aromatic heterocycles. The average Bonchev–Trinajstić information content (AvgIpc) is 2.23. The number of hydrogen-bond donors (Lipinski definition) is 2. The molecule has 0 saturated carbocycles. The SMILES string of the molecule is CS(=O)(=O)c1cccnc1NCCOC(N)=O. The van der Waals surface area contributed by atoms with Crippen molar-refractivity contribution < 1.29 is 17.9 Å². The molecule has 0 atom stereocenters. The monoisotopic (exact) mass is 259 g/mol. The Morgan fingerprint density at radius 3 is 2.88 bits per heavy atom. The average molecular weight is 259 g/mol. The topological polar surface area (TPSA) is 111 Å². The minimum absolute atomic E-state index is 0.0368. The van der Waals surface area contributed by atoms with Crippen molar-refractivity contribution >= 4 is 21.7 Å². The molecular weight excluding hydrogens is 246 g/mol. The largest absolute Gasteiger partial charge is 0.448 e. The van der Waals surface area contributed by atoms with Crippen molar-refractivity contribution in [3.05, 3.63) is 18.3 Å². The minimum atomic E-state index is -3.34. The van der Waals surface area contributed by atoms with Gasteiger partial charge in [0.15, 0.2) is 9.84 Å². The van der Waals surface area contributed by atoms with Crippen LogP contribution < -0.4 is 11.1 Å². The van der Waals surface area contributed by atoms with Gasteiger partial charge in [-0.1, -0.05) is 0 Å². The van der Waals surface area contributed by atoms with Crippen molar-refractivity contribution in [3.63, 3.8) is 0 Å². The Kier molecular flexibility index (Phi) is 4.27. The normalized spacial score (nSPS) is 10.9. The Hall–Kier alpha value is -1.83. The third-order valence-electron chi connectivity index (χ3n) is 1.81. The van der Waals surface area contributed by atoms with Gasteiger partial charge in [0.05, 0.1) is 6.54 Å². The maximum absolute atomic E-state index is 11.4. The molecule has 8 heteroatoms. The first-order valence-corrected chi connectivity index (χ1v) is 6.61. The zero-order valence-corrected chi connectivity index (χ0v) is 10.0. The molecule has 0 bridgehead atoms. The Labute approximate surface area is 98.9 Å². The fraction of sp³-hybridized carbons (Fsp3) is 0.333. The highest BCUT2D eigenvalue weighted by atomic mass is 32.2. The molecule has 0 fully saturated rings. The van der Waals surface area contributed by atoms with Crippen molar-refractivity contribution in [2.75, 3.05) is 24.7 Å². The number of pyridine rings is 1. The summed E-state index contributed by atoms with van der Waals surface area (Å²) in [5.41, 5.74) is 4.77. The van der Waals surface area contributed by atoms with Gasteiger partial charge in [-0.25, -0.2) is 18.2 Å². The van der Waals surface area contributed by atoms with Gasteiger partial charge in [-0.3, -0.25) is 0 Å². The van der Waals surface area contributed by atoms with E-state index >= 15 is 0 Å². The Balaban J connectivity index is 2.68. The van der Waals surface area contributed by atoms with Gasteiger partial charge in [-0.05, 0) is 12.1 Å². The number of amides is 1. The Morgan fingerprint density at radius 2 is 2.29 bits per heavy atom. The number of primary amides is 1. The van der Waals surface area contributed by atoms with Gasteiger partial charge in [0.2, 0.25) is 0 Å². The van der Waals surface area contributed by atoms with Gasteiger partial charge in [-0.2, -0.15) is 0 Å². The molecule has 0 spiro atoms. The van der Waals surface area contributed by atoms with Crippen LogP contribution in [0.15, 0.2) is 23.2 Å². The fourth-order valence-corrected chi connectivity index (χ4v) is 1.95. The molecule has 0 aliphatic heterocycles. The molecule has 1 heterocycles. The molecule has 0 saturated heterocycles. The summed E-state index contributed by atoms with van der Waals surface area (Å²) in [7, 11) is -3.34. The van der Waals surface area contributed by atoms with Crippen LogP contribution >= 0.6 is 0 Å². The lowest BCUT2D eigenvalue weighted by Gasteiger charge is -2.09. The van der Waals surface area contributed by atoms with Crippen LogP contribution in [0.1, 0.15) is 0 Å². The molecule has 17 heavy (non-hydrogen) atoms. The van der Waals surface area contributed by atoms with E-state index in [1.165, 1.54) is 18.3 Å². The zero-order valence-electron chi connectivity index (χ0n) is 9.21. The number of carbonyl (C=O) groups is 1. The van der Waals surface area contributed by atoms with E-state index in [4.69, 9.17) is 5.73 Å². The molecule has 0 unspecified atom stereocenters. The molecule has 1 rings (SSSR count). The minimum Gasteiger partial charge on any atom is -0.448 e. The number of carbonyl (C=O) groups excluding carboxylic acids is 1. The first kappa shape index (κ1) is 13.2. The molecule has 1 amide bonds. The lowest BCUT2D eigenvalue weighted by Crippen LogP contribution is -2.19. The number of aromatic nitrogens is 1. The van der Waals surface area contributed by atoms with Crippen molar-refractivity contribution in [2.24, 2.45) is 5.73 Å². The van der Waals surface area contributed by atoms with Crippen molar-refractivity contribution in [3.8, 4) is 0 Å². The number of rotatable bonds is 5. The zero-order chi connectivity index (χ0) is 12.9. The van der Waals surface area contributed by atoms with E-state index in [0.29, 0.717) is 0 Å². The summed E-state index contributed by atoms with van der Waals surface area (Å²) in [6.45, 7) is 0.261. The number of ether oxygens (including phenoxy) is 1.